The van der Waals surface area contributed by atoms with E-state index in [-0.39, 0.29) is 6.10 Å². The molecule has 0 saturated carbocycles. The molecule has 6 atom stereocenters. The zero-order valence-electron chi connectivity index (χ0n) is 12.0. The lowest BCUT2D eigenvalue weighted by molar-refractivity contribution is -0.305. The normalized spacial score (nSPS) is 37.9. The van der Waals surface area contributed by atoms with Crippen LogP contribution < -0.4 is 0 Å². The molecule has 0 radical (unpaired) electrons. The van der Waals surface area contributed by atoms with Gasteiger partial charge in [-0.15, -0.1) is 11.8 Å². The molecule has 1 aromatic rings. The van der Waals surface area contributed by atoms with E-state index in [1.165, 1.54) is 11.8 Å². The minimum atomic E-state index is -0.929. The second-order valence-corrected chi connectivity index (χ2v) is 6.08. The fourth-order valence-corrected chi connectivity index (χ4v) is 3.48. The van der Waals surface area contributed by atoms with Crippen molar-refractivity contribution in [2.24, 2.45) is 5.11 Å². The summed E-state index contributed by atoms with van der Waals surface area (Å²) in [5.74, 6) is 0. The molecule has 3 rings (SSSR count). The largest absolute Gasteiger partial charge is 0.390 e. The molecular weight excluding hydrogens is 306 g/mol. The highest BCUT2D eigenvalue weighted by atomic mass is 32.2. The van der Waals surface area contributed by atoms with Gasteiger partial charge in [0.2, 0.25) is 0 Å². The number of aliphatic hydroxyl groups excluding tert-OH is 1. The van der Waals surface area contributed by atoms with Crippen LogP contribution in [0.25, 0.3) is 10.4 Å². The van der Waals surface area contributed by atoms with E-state index >= 15 is 0 Å². The Hall–Kier alpha value is -1.28. The second kappa shape index (κ2) is 6.87. The lowest BCUT2D eigenvalue weighted by Crippen LogP contribution is -2.60. The third-order valence-electron chi connectivity index (χ3n) is 3.82. The van der Waals surface area contributed by atoms with Crippen LogP contribution in [0, 0.1) is 0 Å². The van der Waals surface area contributed by atoms with Crippen LogP contribution >= 0.6 is 11.8 Å². The van der Waals surface area contributed by atoms with Gasteiger partial charge >= 0.3 is 0 Å². The van der Waals surface area contributed by atoms with Gasteiger partial charge in [-0.2, -0.15) is 0 Å². The summed E-state index contributed by atoms with van der Waals surface area (Å²) in [6, 6.07) is 8.82. The van der Waals surface area contributed by atoms with Crippen molar-refractivity contribution < 1.29 is 19.3 Å². The summed E-state index contributed by atoms with van der Waals surface area (Å²) in [4.78, 5) is 2.81. The summed E-state index contributed by atoms with van der Waals surface area (Å²) in [5, 5.41) is 14.2. The van der Waals surface area contributed by atoms with Crippen molar-refractivity contribution >= 4 is 11.8 Å². The van der Waals surface area contributed by atoms with Crippen LogP contribution in [0.3, 0.4) is 0 Å². The Labute approximate surface area is 132 Å². The van der Waals surface area contributed by atoms with Crippen molar-refractivity contribution in [1.82, 2.24) is 0 Å². The topological polar surface area (TPSA) is 96.7 Å². The quantitative estimate of drug-likeness (QED) is 0.522. The molecule has 22 heavy (non-hydrogen) atoms. The number of hydrogen-bond acceptors (Lipinski definition) is 6. The Bertz CT molecular complexity index is 554. The van der Waals surface area contributed by atoms with Crippen LogP contribution in [0.2, 0.25) is 0 Å². The van der Waals surface area contributed by atoms with Crippen LogP contribution in [-0.2, 0) is 14.2 Å². The molecule has 2 aliphatic heterocycles. The van der Waals surface area contributed by atoms with Gasteiger partial charge in [0.1, 0.15) is 23.7 Å². The lowest BCUT2D eigenvalue weighted by Gasteiger charge is -2.46. The molecule has 3 unspecified atom stereocenters. The third-order valence-corrected chi connectivity index (χ3v) is 4.68. The van der Waals surface area contributed by atoms with Crippen LogP contribution in [0.4, 0.5) is 0 Å². The molecule has 7 nitrogen and oxygen atoms in total. The highest BCUT2D eigenvalue weighted by Crippen LogP contribution is 2.37. The maximum atomic E-state index is 10.5. The molecule has 0 spiro atoms. The summed E-state index contributed by atoms with van der Waals surface area (Å²) < 4.78 is 17.4. The summed E-state index contributed by atoms with van der Waals surface area (Å²) in [7, 11) is 0. The van der Waals surface area contributed by atoms with Gasteiger partial charge in [-0.05, 0) is 11.8 Å². The first-order valence-electron chi connectivity index (χ1n) is 6.97. The number of nitrogens with zero attached hydrogens (tertiary/aromatic N) is 3. The van der Waals surface area contributed by atoms with E-state index in [1.807, 2.05) is 36.6 Å². The van der Waals surface area contributed by atoms with Gasteiger partial charge in [0.05, 0.1) is 12.7 Å². The molecule has 2 fully saturated rings. The zero-order chi connectivity index (χ0) is 15.5. The first-order valence-corrected chi connectivity index (χ1v) is 8.26. The molecule has 0 bridgehead atoms. The number of benzene rings is 1. The Balaban J connectivity index is 1.79. The van der Waals surface area contributed by atoms with E-state index < -0.39 is 30.0 Å². The zero-order valence-corrected chi connectivity index (χ0v) is 12.8. The minimum absolute atomic E-state index is 0.321. The number of hydrogen-bond donors (Lipinski definition) is 1. The van der Waals surface area contributed by atoms with Crippen molar-refractivity contribution in [3.8, 4) is 0 Å². The second-order valence-electron chi connectivity index (χ2n) is 5.14. The average molecular weight is 323 g/mol. The first-order chi connectivity index (χ1) is 10.7. The Morgan fingerprint density at radius 2 is 2.09 bits per heavy atom. The highest BCUT2D eigenvalue weighted by molar-refractivity contribution is 7.99. The Morgan fingerprint density at radius 1 is 1.32 bits per heavy atom. The van der Waals surface area contributed by atoms with Gasteiger partial charge in [0.25, 0.3) is 0 Å². The Kier molecular flexibility index (Phi) is 4.87. The number of azide groups is 1. The summed E-state index contributed by atoms with van der Waals surface area (Å²) in [6.07, 6.45) is -0.606. The summed E-state index contributed by atoms with van der Waals surface area (Å²) >= 11 is 1.39. The molecule has 1 N–H and O–H groups in total. The predicted molar refractivity (Wildman–Crippen MR) is 81.1 cm³/mol. The maximum absolute atomic E-state index is 10.5. The SMILES string of the molecule is CSC1OC2COC(c3ccccc3)O[C@H]2[C@H](O)[C@@H]1N=[N+]=[N-]. The van der Waals surface area contributed by atoms with Crippen LogP contribution in [0.5, 0.6) is 0 Å². The summed E-state index contributed by atoms with van der Waals surface area (Å²) in [5.41, 5.74) is 9.16. The molecule has 0 aromatic heterocycles. The van der Waals surface area contributed by atoms with Gasteiger partial charge in [-0.3, -0.25) is 0 Å². The first kappa shape index (κ1) is 15.6. The smallest absolute Gasteiger partial charge is 0.184 e. The summed E-state index contributed by atoms with van der Waals surface area (Å²) in [6.45, 7) is 0.321. The molecule has 0 amide bonds. The van der Waals surface area contributed by atoms with Crippen molar-refractivity contribution in [1.29, 1.82) is 0 Å². The van der Waals surface area contributed by atoms with Crippen LogP contribution in [0.1, 0.15) is 11.9 Å². The van der Waals surface area contributed by atoms with Gasteiger partial charge < -0.3 is 19.3 Å². The van der Waals surface area contributed by atoms with Crippen molar-refractivity contribution in [2.75, 3.05) is 12.9 Å². The number of rotatable bonds is 3. The minimum Gasteiger partial charge on any atom is -0.390 e. The van der Waals surface area contributed by atoms with E-state index in [1.54, 1.807) is 0 Å². The number of thioether (sulfide) groups is 1. The molecule has 2 aliphatic rings. The number of aliphatic hydroxyl groups is 1. The molecule has 0 aliphatic carbocycles. The monoisotopic (exact) mass is 323 g/mol. The molecule has 2 heterocycles. The molecular formula is C14H17N3O4S. The van der Waals surface area contributed by atoms with E-state index in [4.69, 9.17) is 19.7 Å². The van der Waals surface area contributed by atoms with Crippen LogP contribution in [-0.4, -0.2) is 47.8 Å². The van der Waals surface area contributed by atoms with E-state index in [0.29, 0.717) is 6.61 Å². The third kappa shape index (κ3) is 2.94. The average Bonchev–Trinajstić information content (AvgIpc) is 2.58. The van der Waals surface area contributed by atoms with E-state index in [0.717, 1.165) is 5.56 Å². The van der Waals surface area contributed by atoms with Gasteiger partial charge in [0, 0.05) is 10.5 Å². The highest BCUT2D eigenvalue weighted by Gasteiger charge is 2.48. The lowest BCUT2D eigenvalue weighted by atomic mass is 9.97. The van der Waals surface area contributed by atoms with Gasteiger partial charge in [0.15, 0.2) is 6.29 Å². The maximum Gasteiger partial charge on any atom is 0.184 e. The molecule has 118 valence electrons. The predicted octanol–water partition coefficient (Wildman–Crippen LogP) is 2.23. The molecule has 2 saturated heterocycles. The molecule has 1 aromatic carbocycles. The van der Waals surface area contributed by atoms with Crippen molar-refractivity contribution in [3.05, 3.63) is 46.3 Å². The van der Waals surface area contributed by atoms with Gasteiger partial charge in [-0.25, -0.2) is 0 Å². The molecule has 8 heteroatoms. The van der Waals surface area contributed by atoms with Crippen molar-refractivity contribution in [2.45, 2.75) is 36.1 Å². The number of ether oxygens (including phenoxy) is 3. The van der Waals surface area contributed by atoms with E-state index in [2.05, 4.69) is 10.0 Å². The van der Waals surface area contributed by atoms with E-state index in [9.17, 15) is 5.11 Å². The fourth-order valence-electron chi connectivity index (χ4n) is 2.73. The Morgan fingerprint density at radius 3 is 2.77 bits per heavy atom. The van der Waals surface area contributed by atoms with Crippen LogP contribution in [0.15, 0.2) is 35.4 Å². The van der Waals surface area contributed by atoms with Crippen molar-refractivity contribution in [3.63, 3.8) is 0 Å². The van der Waals surface area contributed by atoms with Gasteiger partial charge in [-0.1, -0.05) is 35.4 Å². The fraction of sp³-hybridized carbons (Fsp3) is 0.571. The number of fused-ring (bicyclic) bond motifs is 1. The standard InChI is InChI=1S/C14H17N3O4S/c1-22-14-10(16-17-15)11(18)12-9(20-14)7-19-13(21-12)8-5-3-2-4-6-8/h2-6,9-14,18H,7H2,1H3/t9?,10-,11+,12+,13?,14?/m0/s1.